The van der Waals surface area contributed by atoms with E-state index in [9.17, 15) is 9.59 Å². The molecular weight excluding hydrogens is 294 g/mol. The van der Waals surface area contributed by atoms with Crippen molar-refractivity contribution >= 4 is 22.6 Å². The van der Waals surface area contributed by atoms with Crippen LogP contribution in [0.5, 0.6) is 5.75 Å². The van der Waals surface area contributed by atoms with E-state index < -0.39 is 12.1 Å². The Labute approximate surface area is 135 Å². The van der Waals surface area contributed by atoms with E-state index in [0.717, 1.165) is 10.8 Å². The van der Waals surface area contributed by atoms with E-state index in [-0.39, 0.29) is 11.9 Å². The van der Waals surface area contributed by atoms with Crippen LogP contribution in [-0.2, 0) is 9.53 Å². The second-order valence-electron chi connectivity index (χ2n) is 5.57. The summed E-state index contributed by atoms with van der Waals surface area (Å²) < 4.78 is 10.6. The van der Waals surface area contributed by atoms with Gasteiger partial charge in [-0.3, -0.25) is 4.79 Å². The van der Waals surface area contributed by atoms with Crippen molar-refractivity contribution in [2.75, 3.05) is 7.11 Å². The quantitative estimate of drug-likeness (QED) is 0.862. The average molecular weight is 315 g/mol. The van der Waals surface area contributed by atoms with Crippen molar-refractivity contribution in [3.63, 3.8) is 0 Å². The molecule has 0 radical (unpaired) electrons. The van der Waals surface area contributed by atoms with Gasteiger partial charge in [-0.2, -0.15) is 0 Å². The number of hydrogen-bond donors (Lipinski definition) is 1. The molecule has 0 fully saturated rings. The van der Waals surface area contributed by atoms with Gasteiger partial charge < -0.3 is 14.8 Å². The van der Waals surface area contributed by atoms with Crippen LogP contribution >= 0.6 is 0 Å². The standard InChI is InChI=1S/C18H21NO4/c1-11(2)19-17(20)12(3)23-18(21)15-9-10-16(22-4)14-8-6-5-7-13(14)15/h5-12H,1-4H3,(H,19,20)/t12-/m1/s1. The summed E-state index contributed by atoms with van der Waals surface area (Å²) in [5.41, 5.74) is 0.408. The molecule has 0 saturated carbocycles. The van der Waals surface area contributed by atoms with Gasteiger partial charge in [0.15, 0.2) is 6.10 Å². The second-order valence-corrected chi connectivity index (χ2v) is 5.57. The molecule has 0 spiro atoms. The molecule has 0 aliphatic rings. The van der Waals surface area contributed by atoms with Crippen molar-refractivity contribution in [2.24, 2.45) is 0 Å². The molecule has 0 aliphatic carbocycles. The first kappa shape index (κ1) is 16.8. The van der Waals surface area contributed by atoms with Crippen LogP contribution in [0.1, 0.15) is 31.1 Å². The van der Waals surface area contributed by atoms with Gasteiger partial charge in [0, 0.05) is 11.4 Å². The minimum atomic E-state index is -0.856. The first-order chi connectivity index (χ1) is 10.9. The zero-order chi connectivity index (χ0) is 17.0. The van der Waals surface area contributed by atoms with Crippen LogP contribution in [0.3, 0.4) is 0 Å². The van der Waals surface area contributed by atoms with Crippen LogP contribution in [0.15, 0.2) is 36.4 Å². The molecule has 0 saturated heterocycles. The number of carbonyl (C=O) groups is 2. The van der Waals surface area contributed by atoms with Gasteiger partial charge in [0.1, 0.15) is 5.75 Å². The lowest BCUT2D eigenvalue weighted by atomic mass is 10.0. The number of hydrogen-bond acceptors (Lipinski definition) is 4. The summed E-state index contributed by atoms with van der Waals surface area (Å²) in [6.07, 6.45) is -0.856. The number of nitrogens with one attached hydrogen (secondary N) is 1. The molecule has 2 rings (SSSR count). The minimum Gasteiger partial charge on any atom is -0.496 e. The molecule has 0 heterocycles. The monoisotopic (exact) mass is 315 g/mol. The Morgan fingerprint density at radius 1 is 1.00 bits per heavy atom. The van der Waals surface area contributed by atoms with Gasteiger partial charge in [0.25, 0.3) is 5.91 Å². The second kappa shape index (κ2) is 7.13. The molecule has 0 aliphatic heterocycles. The van der Waals surface area contributed by atoms with Crippen LogP contribution < -0.4 is 10.1 Å². The molecule has 1 N–H and O–H groups in total. The van der Waals surface area contributed by atoms with Crippen LogP contribution in [-0.4, -0.2) is 31.1 Å². The van der Waals surface area contributed by atoms with E-state index in [1.807, 2.05) is 38.1 Å². The van der Waals surface area contributed by atoms with E-state index in [1.54, 1.807) is 26.2 Å². The molecule has 0 bridgehead atoms. The predicted octanol–water partition coefficient (Wildman–Crippen LogP) is 2.92. The maximum atomic E-state index is 12.4. The maximum absolute atomic E-state index is 12.4. The number of benzene rings is 2. The largest absolute Gasteiger partial charge is 0.496 e. The Bertz CT molecular complexity index is 724. The van der Waals surface area contributed by atoms with Crippen LogP contribution in [0.25, 0.3) is 10.8 Å². The number of methoxy groups -OCH3 is 1. The van der Waals surface area contributed by atoms with E-state index in [0.29, 0.717) is 11.3 Å². The highest BCUT2D eigenvalue weighted by molar-refractivity contribution is 6.06. The summed E-state index contributed by atoms with van der Waals surface area (Å²) in [5.74, 6) is -0.163. The van der Waals surface area contributed by atoms with Crippen LogP contribution in [0.4, 0.5) is 0 Å². The number of fused-ring (bicyclic) bond motifs is 1. The summed E-state index contributed by atoms with van der Waals surface area (Å²) in [6.45, 7) is 5.26. The van der Waals surface area contributed by atoms with Crippen LogP contribution in [0.2, 0.25) is 0 Å². The zero-order valence-electron chi connectivity index (χ0n) is 13.8. The van der Waals surface area contributed by atoms with E-state index in [2.05, 4.69) is 5.32 Å². The van der Waals surface area contributed by atoms with Gasteiger partial charge in [-0.1, -0.05) is 24.3 Å². The lowest BCUT2D eigenvalue weighted by molar-refractivity contribution is -0.129. The van der Waals surface area contributed by atoms with Gasteiger partial charge in [0.05, 0.1) is 12.7 Å². The van der Waals surface area contributed by atoms with Gasteiger partial charge in [-0.15, -0.1) is 0 Å². The Kier molecular flexibility index (Phi) is 5.21. The van der Waals surface area contributed by atoms with E-state index in [1.165, 1.54) is 0 Å². The van der Waals surface area contributed by atoms with Crippen molar-refractivity contribution in [3.05, 3.63) is 42.0 Å². The lowest BCUT2D eigenvalue weighted by Gasteiger charge is -2.16. The molecule has 1 atom stereocenters. The normalized spacial score (nSPS) is 12.0. The highest BCUT2D eigenvalue weighted by Crippen LogP contribution is 2.28. The molecule has 23 heavy (non-hydrogen) atoms. The molecule has 2 aromatic carbocycles. The first-order valence-corrected chi connectivity index (χ1v) is 7.51. The van der Waals surface area contributed by atoms with Crippen molar-refractivity contribution in [1.82, 2.24) is 5.32 Å². The maximum Gasteiger partial charge on any atom is 0.339 e. The fourth-order valence-corrected chi connectivity index (χ4v) is 2.31. The Hall–Kier alpha value is -2.56. The average Bonchev–Trinajstić information content (AvgIpc) is 2.52. The number of carbonyl (C=O) groups excluding carboxylic acids is 2. The van der Waals surface area contributed by atoms with Crippen molar-refractivity contribution < 1.29 is 19.1 Å². The van der Waals surface area contributed by atoms with Gasteiger partial charge >= 0.3 is 5.97 Å². The summed E-state index contributed by atoms with van der Waals surface area (Å²) in [7, 11) is 1.58. The summed E-state index contributed by atoms with van der Waals surface area (Å²) >= 11 is 0. The molecule has 122 valence electrons. The molecule has 2 aromatic rings. The Morgan fingerprint density at radius 3 is 2.26 bits per heavy atom. The first-order valence-electron chi connectivity index (χ1n) is 7.51. The Morgan fingerprint density at radius 2 is 1.65 bits per heavy atom. The molecule has 1 amide bonds. The minimum absolute atomic E-state index is 0.00883. The SMILES string of the molecule is COc1ccc(C(=O)O[C@H](C)C(=O)NC(C)C)c2ccccc12. The number of esters is 1. The third-order valence-corrected chi connectivity index (χ3v) is 3.41. The molecular formula is C18H21NO4. The van der Waals surface area contributed by atoms with E-state index in [4.69, 9.17) is 9.47 Å². The fourth-order valence-electron chi connectivity index (χ4n) is 2.31. The highest BCUT2D eigenvalue weighted by Gasteiger charge is 2.21. The van der Waals surface area contributed by atoms with Gasteiger partial charge in [-0.05, 0) is 38.3 Å². The van der Waals surface area contributed by atoms with Crippen molar-refractivity contribution in [1.29, 1.82) is 0 Å². The third kappa shape index (κ3) is 3.80. The highest BCUT2D eigenvalue weighted by atomic mass is 16.5. The van der Waals surface area contributed by atoms with E-state index >= 15 is 0 Å². The van der Waals surface area contributed by atoms with Gasteiger partial charge in [0.2, 0.25) is 0 Å². The fraction of sp³-hybridized carbons (Fsp3) is 0.333. The zero-order valence-corrected chi connectivity index (χ0v) is 13.8. The van der Waals surface area contributed by atoms with Gasteiger partial charge in [-0.25, -0.2) is 4.79 Å². The number of rotatable bonds is 5. The number of amides is 1. The number of ether oxygens (including phenoxy) is 2. The van der Waals surface area contributed by atoms with Crippen molar-refractivity contribution in [2.45, 2.75) is 32.9 Å². The summed E-state index contributed by atoms with van der Waals surface area (Å²) in [5, 5.41) is 4.27. The molecule has 0 aromatic heterocycles. The summed E-state index contributed by atoms with van der Waals surface area (Å²) in [6, 6.07) is 10.8. The smallest absolute Gasteiger partial charge is 0.339 e. The van der Waals surface area contributed by atoms with Crippen molar-refractivity contribution in [3.8, 4) is 5.75 Å². The third-order valence-electron chi connectivity index (χ3n) is 3.41. The van der Waals surface area contributed by atoms with Crippen LogP contribution in [0, 0.1) is 0 Å². The summed E-state index contributed by atoms with van der Waals surface area (Å²) in [4.78, 5) is 24.3. The molecule has 5 heteroatoms. The molecule has 0 unspecified atom stereocenters. The Balaban J connectivity index is 2.27. The predicted molar refractivity (Wildman–Crippen MR) is 88.7 cm³/mol. The topological polar surface area (TPSA) is 64.6 Å². The lowest BCUT2D eigenvalue weighted by Crippen LogP contribution is -2.39. The molecule has 5 nitrogen and oxygen atoms in total.